The van der Waals surface area contributed by atoms with Crippen LogP contribution in [0.15, 0.2) is 24.4 Å². The second-order valence-corrected chi connectivity index (χ2v) is 6.17. The van der Waals surface area contributed by atoms with Gasteiger partial charge in [-0.15, -0.1) is 0 Å². The van der Waals surface area contributed by atoms with Crippen molar-refractivity contribution in [1.29, 1.82) is 0 Å². The fourth-order valence-electron chi connectivity index (χ4n) is 2.97. The summed E-state index contributed by atoms with van der Waals surface area (Å²) >= 11 is 0. The number of carbonyl (C=O) groups is 2. The van der Waals surface area contributed by atoms with Crippen LogP contribution in [0.4, 0.5) is 4.39 Å². The molecule has 1 saturated carbocycles. The van der Waals surface area contributed by atoms with E-state index < -0.39 is 6.04 Å². The van der Waals surface area contributed by atoms with Gasteiger partial charge < -0.3 is 10.6 Å². The summed E-state index contributed by atoms with van der Waals surface area (Å²) in [6.45, 7) is 0.564. The van der Waals surface area contributed by atoms with Crippen molar-refractivity contribution in [2.24, 2.45) is 0 Å². The molecule has 118 valence electrons. The summed E-state index contributed by atoms with van der Waals surface area (Å²) < 4.78 is 14.1. The van der Waals surface area contributed by atoms with Crippen molar-refractivity contribution >= 4 is 22.7 Å². The van der Waals surface area contributed by atoms with Crippen molar-refractivity contribution in [1.82, 2.24) is 15.6 Å². The van der Waals surface area contributed by atoms with E-state index in [1.54, 1.807) is 12.1 Å². The van der Waals surface area contributed by atoms with E-state index in [4.69, 9.17) is 0 Å². The molecule has 1 aromatic carbocycles. The molecule has 2 fully saturated rings. The number of rotatable bonds is 3. The lowest BCUT2D eigenvalue weighted by atomic mass is 10.1. The van der Waals surface area contributed by atoms with E-state index in [-0.39, 0.29) is 17.6 Å². The van der Waals surface area contributed by atoms with E-state index in [0.717, 1.165) is 12.8 Å². The number of nitrogens with zero attached hydrogens (tertiary/aromatic N) is 1. The van der Waals surface area contributed by atoms with Crippen molar-refractivity contribution in [3.05, 3.63) is 41.3 Å². The molecule has 4 rings (SSSR count). The monoisotopic (exact) mass is 313 g/mol. The fourth-order valence-corrected chi connectivity index (χ4v) is 2.97. The number of fused-ring (bicyclic) bond motifs is 1. The maximum Gasteiger partial charge on any atom is 0.253 e. The standard InChI is InChI=1S/C17H16FN3O2/c18-13-6-10-5-11(16(22)21-14-3-4-19-17(14)23)8-20-15(10)7-12(13)9-1-2-9/h5-9,14H,1-4H2,(H,19,23)(H,21,22). The average molecular weight is 313 g/mol. The maximum atomic E-state index is 14.1. The summed E-state index contributed by atoms with van der Waals surface area (Å²) in [6.07, 6.45) is 4.09. The quantitative estimate of drug-likeness (QED) is 0.909. The Hall–Kier alpha value is -2.50. The Labute approximate surface area is 132 Å². The molecule has 1 aliphatic carbocycles. The molecule has 2 aromatic rings. The van der Waals surface area contributed by atoms with Crippen LogP contribution < -0.4 is 10.6 Å². The average Bonchev–Trinajstić information content (AvgIpc) is 3.30. The molecule has 2 heterocycles. The smallest absolute Gasteiger partial charge is 0.253 e. The number of aromatic nitrogens is 1. The van der Waals surface area contributed by atoms with E-state index in [1.165, 1.54) is 12.3 Å². The minimum Gasteiger partial charge on any atom is -0.354 e. The van der Waals surface area contributed by atoms with Gasteiger partial charge in [-0.3, -0.25) is 14.6 Å². The summed E-state index contributed by atoms with van der Waals surface area (Å²) in [4.78, 5) is 28.0. The Morgan fingerprint density at radius 1 is 1.26 bits per heavy atom. The first-order valence-electron chi connectivity index (χ1n) is 7.79. The summed E-state index contributed by atoms with van der Waals surface area (Å²) in [5.74, 6) is -0.472. The highest BCUT2D eigenvalue weighted by Crippen LogP contribution is 2.42. The molecule has 0 bridgehead atoms. The van der Waals surface area contributed by atoms with Crippen LogP contribution in [0.1, 0.15) is 41.1 Å². The molecule has 2 N–H and O–H groups in total. The van der Waals surface area contributed by atoms with Crippen LogP contribution in [0.25, 0.3) is 10.9 Å². The fraction of sp³-hybridized carbons (Fsp3) is 0.353. The molecule has 2 aliphatic rings. The van der Waals surface area contributed by atoms with Gasteiger partial charge >= 0.3 is 0 Å². The van der Waals surface area contributed by atoms with Crippen LogP contribution in [0.3, 0.4) is 0 Å². The SMILES string of the molecule is O=C(NC1CCNC1=O)c1cnc2cc(C3CC3)c(F)cc2c1. The van der Waals surface area contributed by atoms with Gasteiger partial charge in [0.25, 0.3) is 5.91 Å². The summed E-state index contributed by atoms with van der Waals surface area (Å²) in [7, 11) is 0. The molecule has 0 radical (unpaired) electrons. The largest absolute Gasteiger partial charge is 0.354 e. The Kier molecular flexibility index (Phi) is 3.25. The summed E-state index contributed by atoms with van der Waals surface area (Å²) in [5, 5.41) is 5.94. The van der Waals surface area contributed by atoms with Gasteiger partial charge in [0.15, 0.2) is 0 Å². The number of carbonyl (C=O) groups excluding carboxylic acids is 2. The van der Waals surface area contributed by atoms with Gasteiger partial charge in [0.05, 0.1) is 11.1 Å². The molecule has 23 heavy (non-hydrogen) atoms. The van der Waals surface area contributed by atoms with Crippen molar-refractivity contribution in [3.63, 3.8) is 0 Å². The van der Waals surface area contributed by atoms with Gasteiger partial charge in [-0.2, -0.15) is 0 Å². The molecular weight excluding hydrogens is 297 g/mol. The molecule has 0 spiro atoms. The van der Waals surface area contributed by atoms with Gasteiger partial charge in [0.2, 0.25) is 5.91 Å². The Morgan fingerprint density at radius 3 is 2.78 bits per heavy atom. The number of amides is 2. The second-order valence-electron chi connectivity index (χ2n) is 6.17. The van der Waals surface area contributed by atoms with Crippen LogP contribution in [0, 0.1) is 5.82 Å². The first-order valence-corrected chi connectivity index (χ1v) is 7.79. The van der Waals surface area contributed by atoms with Crippen LogP contribution in [0.2, 0.25) is 0 Å². The minimum atomic E-state index is -0.507. The summed E-state index contributed by atoms with van der Waals surface area (Å²) in [5.41, 5.74) is 1.73. The van der Waals surface area contributed by atoms with Crippen LogP contribution in [-0.4, -0.2) is 29.4 Å². The Bertz CT molecular complexity index is 817. The lowest BCUT2D eigenvalue weighted by molar-refractivity contribution is -0.120. The first kappa shape index (κ1) is 14.1. The van der Waals surface area contributed by atoms with E-state index in [0.29, 0.717) is 40.9 Å². The zero-order valence-electron chi connectivity index (χ0n) is 12.4. The van der Waals surface area contributed by atoms with E-state index in [1.807, 2.05) is 0 Å². The predicted octanol–water partition coefficient (Wildman–Crippen LogP) is 1.87. The van der Waals surface area contributed by atoms with Gasteiger partial charge in [0, 0.05) is 18.1 Å². The van der Waals surface area contributed by atoms with Crippen molar-refractivity contribution < 1.29 is 14.0 Å². The number of benzene rings is 1. The van der Waals surface area contributed by atoms with Crippen molar-refractivity contribution in [3.8, 4) is 0 Å². The van der Waals surface area contributed by atoms with Gasteiger partial charge in [-0.05, 0) is 48.9 Å². The van der Waals surface area contributed by atoms with E-state index in [9.17, 15) is 14.0 Å². The van der Waals surface area contributed by atoms with Crippen LogP contribution in [0.5, 0.6) is 0 Å². The van der Waals surface area contributed by atoms with Crippen molar-refractivity contribution in [2.75, 3.05) is 6.54 Å². The normalized spacial score (nSPS) is 20.6. The van der Waals surface area contributed by atoms with Gasteiger partial charge in [-0.1, -0.05) is 0 Å². The molecule has 1 saturated heterocycles. The number of hydrogen-bond donors (Lipinski definition) is 2. The van der Waals surface area contributed by atoms with Crippen molar-refractivity contribution in [2.45, 2.75) is 31.2 Å². The third-order valence-corrected chi connectivity index (χ3v) is 4.43. The molecule has 1 aliphatic heterocycles. The molecule has 2 amide bonds. The predicted molar refractivity (Wildman–Crippen MR) is 82.6 cm³/mol. The minimum absolute atomic E-state index is 0.174. The number of pyridine rings is 1. The van der Waals surface area contributed by atoms with E-state index >= 15 is 0 Å². The second kappa shape index (κ2) is 5.30. The van der Waals surface area contributed by atoms with Crippen LogP contribution >= 0.6 is 0 Å². The van der Waals surface area contributed by atoms with Gasteiger partial charge in [-0.25, -0.2) is 4.39 Å². The molecular formula is C17H16FN3O2. The number of halogens is 1. The molecule has 1 aromatic heterocycles. The highest BCUT2D eigenvalue weighted by Gasteiger charge is 2.28. The molecule has 5 nitrogen and oxygen atoms in total. The molecule has 1 atom stereocenters. The zero-order chi connectivity index (χ0) is 16.0. The third-order valence-electron chi connectivity index (χ3n) is 4.43. The number of hydrogen-bond acceptors (Lipinski definition) is 3. The Morgan fingerprint density at radius 2 is 2.09 bits per heavy atom. The lowest BCUT2D eigenvalue weighted by Crippen LogP contribution is -2.40. The third kappa shape index (κ3) is 2.65. The van der Waals surface area contributed by atoms with Crippen LogP contribution in [-0.2, 0) is 4.79 Å². The lowest BCUT2D eigenvalue weighted by Gasteiger charge is -2.10. The topological polar surface area (TPSA) is 71.1 Å². The molecule has 1 unspecified atom stereocenters. The summed E-state index contributed by atoms with van der Waals surface area (Å²) in [6, 6.07) is 4.32. The maximum absolute atomic E-state index is 14.1. The zero-order valence-corrected chi connectivity index (χ0v) is 12.4. The van der Waals surface area contributed by atoms with E-state index in [2.05, 4.69) is 15.6 Å². The highest BCUT2D eigenvalue weighted by atomic mass is 19.1. The molecule has 6 heteroatoms. The highest BCUT2D eigenvalue weighted by molar-refractivity contribution is 6.00. The Balaban J connectivity index is 1.61. The number of nitrogens with one attached hydrogen (secondary N) is 2. The van der Waals surface area contributed by atoms with Gasteiger partial charge in [0.1, 0.15) is 11.9 Å². The first-order chi connectivity index (χ1) is 11.1.